The molecule has 0 saturated carbocycles. The number of benzene rings is 1. The topological polar surface area (TPSA) is 99.7 Å². The molecule has 4 aromatic rings. The lowest BCUT2D eigenvalue weighted by Crippen LogP contribution is -2.25. The Kier molecular flexibility index (Phi) is 4.70. The highest BCUT2D eigenvalue weighted by molar-refractivity contribution is 5.58. The van der Waals surface area contributed by atoms with Crippen LogP contribution in [0.2, 0.25) is 0 Å². The highest BCUT2D eigenvalue weighted by atomic mass is 19.1. The van der Waals surface area contributed by atoms with E-state index in [0.29, 0.717) is 34.2 Å². The molecular formula is C21H18F2N6O2. The van der Waals surface area contributed by atoms with Gasteiger partial charge in [-0.3, -0.25) is 0 Å². The molecule has 5 rings (SSSR count). The van der Waals surface area contributed by atoms with Gasteiger partial charge >= 0.3 is 0 Å². The first-order valence-corrected chi connectivity index (χ1v) is 9.70. The number of anilines is 1. The van der Waals surface area contributed by atoms with Gasteiger partial charge in [-0.05, 0) is 36.4 Å². The van der Waals surface area contributed by atoms with Gasteiger partial charge in [0.1, 0.15) is 29.3 Å². The van der Waals surface area contributed by atoms with E-state index in [2.05, 4.69) is 20.1 Å². The molecule has 10 heteroatoms. The molecule has 0 aliphatic carbocycles. The summed E-state index contributed by atoms with van der Waals surface area (Å²) < 4.78 is 29.8. The summed E-state index contributed by atoms with van der Waals surface area (Å²) in [7, 11) is 0. The van der Waals surface area contributed by atoms with E-state index in [1.807, 2.05) is 0 Å². The van der Waals surface area contributed by atoms with Crippen molar-refractivity contribution in [3.05, 3.63) is 65.9 Å². The predicted octanol–water partition coefficient (Wildman–Crippen LogP) is 2.81. The van der Waals surface area contributed by atoms with E-state index < -0.39 is 18.0 Å². The Bertz CT molecular complexity index is 1260. The van der Waals surface area contributed by atoms with E-state index >= 15 is 0 Å². The number of imidazole rings is 1. The summed E-state index contributed by atoms with van der Waals surface area (Å²) in [5.74, 6) is 0.187. The molecule has 0 bridgehead atoms. The monoisotopic (exact) mass is 424 g/mol. The zero-order valence-corrected chi connectivity index (χ0v) is 16.2. The molecule has 1 aliphatic heterocycles. The molecule has 0 spiro atoms. The molecule has 158 valence electrons. The van der Waals surface area contributed by atoms with Crippen LogP contribution in [0, 0.1) is 5.82 Å². The van der Waals surface area contributed by atoms with Gasteiger partial charge in [0.15, 0.2) is 11.5 Å². The number of aromatic nitrogens is 5. The average Bonchev–Trinajstić information content (AvgIpc) is 3.38. The minimum Gasteiger partial charge on any atom is -0.508 e. The maximum Gasteiger partial charge on any atom is 0.180 e. The SMILES string of the molecule is OCc1ccnc(-c2cnc3ccc(N4C[C@@H](F)C[C@@H]4c4cc(F)ccc4O)nn23)n1. The van der Waals surface area contributed by atoms with E-state index in [4.69, 9.17) is 0 Å². The Balaban J connectivity index is 1.58. The zero-order chi connectivity index (χ0) is 21.5. The number of hydrogen-bond donors (Lipinski definition) is 2. The summed E-state index contributed by atoms with van der Waals surface area (Å²) in [4.78, 5) is 14.5. The molecule has 8 nitrogen and oxygen atoms in total. The van der Waals surface area contributed by atoms with Gasteiger partial charge in [-0.2, -0.15) is 0 Å². The summed E-state index contributed by atoms with van der Waals surface area (Å²) in [6, 6.07) is 8.12. The molecule has 31 heavy (non-hydrogen) atoms. The number of phenolic OH excluding ortho intramolecular Hbond substituents is 1. The van der Waals surface area contributed by atoms with Crippen LogP contribution in [0.4, 0.5) is 14.6 Å². The van der Waals surface area contributed by atoms with Crippen molar-refractivity contribution >= 4 is 11.5 Å². The number of hydrogen-bond acceptors (Lipinski definition) is 7. The Labute approximate surface area is 175 Å². The van der Waals surface area contributed by atoms with Gasteiger partial charge in [0.25, 0.3) is 0 Å². The molecule has 1 aromatic carbocycles. The highest BCUT2D eigenvalue weighted by Crippen LogP contribution is 2.40. The van der Waals surface area contributed by atoms with Gasteiger partial charge in [-0.1, -0.05) is 0 Å². The van der Waals surface area contributed by atoms with Crippen molar-refractivity contribution in [2.24, 2.45) is 0 Å². The van der Waals surface area contributed by atoms with Gasteiger partial charge in [-0.25, -0.2) is 28.2 Å². The van der Waals surface area contributed by atoms with Crippen molar-refractivity contribution in [2.45, 2.75) is 25.2 Å². The lowest BCUT2D eigenvalue weighted by Gasteiger charge is -2.26. The number of rotatable bonds is 4. The largest absolute Gasteiger partial charge is 0.508 e. The number of aromatic hydroxyl groups is 1. The van der Waals surface area contributed by atoms with Crippen LogP contribution in [0.1, 0.15) is 23.7 Å². The normalized spacial score (nSPS) is 18.7. The number of nitrogens with zero attached hydrogens (tertiary/aromatic N) is 6. The van der Waals surface area contributed by atoms with Gasteiger partial charge in [-0.15, -0.1) is 5.10 Å². The van der Waals surface area contributed by atoms with Crippen molar-refractivity contribution in [1.82, 2.24) is 24.6 Å². The summed E-state index contributed by atoms with van der Waals surface area (Å²) in [5, 5.41) is 24.2. The van der Waals surface area contributed by atoms with Crippen molar-refractivity contribution in [3.63, 3.8) is 0 Å². The molecule has 4 heterocycles. The summed E-state index contributed by atoms with van der Waals surface area (Å²) in [6.07, 6.45) is 2.06. The summed E-state index contributed by atoms with van der Waals surface area (Å²) in [6.45, 7) is -0.172. The molecule has 0 radical (unpaired) electrons. The fourth-order valence-corrected chi connectivity index (χ4v) is 3.90. The Morgan fingerprint density at radius 3 is 2.84 bits per heavy atom. The quantitative estimate of drug-likeness (QED) is 0.520. The smallest absolute Gasteiger partial charge is 0.180 e. The molecule has 1 fully saturated rings. The molecule has 2 atom stereocenters. The number of phenols is 1. The molecule has 0 unspecified atom stereocenters. The van der Waals surface area contributed by atoms with E-state index in [1.165, 1.54) is 18.3 Å². The van der Waals surface area contributed by atoms with Gasteiger partial charge in [0.05, 0.1) is 31.1 Å². The molecule has 1 aliphatic rings. The second kappa shape index (κ2) is 7.55. The second-order valence-electron chi connectivity index (χ2n) is 7.34. The maximum atomic E-state index is 14.4. The predicted molar refractivity (Wildman–Crippen MR) is 108 cm³/mol. The van der Waals surface area contributed by atoms with Crippen LogP contribution >= 0.6 is 0 Å². The Morgan fingerprint density at radius 2 is 2.00 bits per heavy atom. The number of halogens is 2. The fraction of sp³-hybridized carbons (Fsp3) is 0.238. The molecule has 3 aromatic heterocycles. The lowest BCUT2D eigenvalue weighted by molar-refractivity contribution is 0.277. The number of fused-ring (bicyclic) bond motifs is 1. The average molecular weight is 424 g/mol. The minimum atomic E-state index is -1.16. The Hall–Kier alpha value is -3.66. The lowest BCUT2D eigenvalue weighted by atomic mass is 10.0. The minimum absolute atomic E-state index is 0.0552. The van der Waals surface area contributed by atoms with Crippen LogP contribution in [-0.4, -0.2) is 47.5 Å². The van der Waals surface area contributed by atoms with Crippen molar-refractivity contribution in [2.75, 3.05) is 11.4 Å². The van der Waals surface area contributed by atoms with E-state index in [-0.39, 0.29) is 25.3 Å². The standard InChI is InChI=1S/C21H18F2N6O2/c22-12-1-2-18(31)15(7-12)16-8-13(23)10-28(16)20-4-3-19-25-9-17(29(19)27-20)21-24-6-5-14(11-30)26-21/h1-7,9,13,16,30-31H,8,10-11H2/t13-,16+/m0/s1. The van der Waals surface area contributed by atoms with Crippen LogP contribution < -0.4 is 4.90 Å². The zero-order valence-electron chi connectivity index (χ0n) is 16.2. The third kappa shape index (κ3) is 3.44. The first kappa shape index (κ1) is 19.3. The van der Waals surface area contributed by atoms with Crippen LogP contribution in [0.25, 0.3) is 17.2 Å². The number of alkyl halides is 1. The van der Waals surface area contributed by atoms with Crippen molar-refractivity contribution in [1.29, 1.82) is 0 Å². The molecular weight excluding hydrogens is 406 g/mol. The first-order valence-electron chi connectivity index (χ1n) is 9.70. The van der Waals surface area contributed by atoms with Crippen LogP contribution in [0.3, 0.4) is 0 Å². The van der Waals surface area contributed by atoms with Crippen molar-refractivity contribution in [3.8, 4) is 17.3 Å². The van der Waals surface area contributed by atoms with Gasteiger partial charge < -0.3 is 15.1 Å². The van der Waals surface area contributed by atoms with Crippen LogP contribution in [-0.2, 0) is 6.61 Å². The summed E-state index contributed by atoms with van der Waals surface area (Å²) >= 11 is 0. The number of aliphatic hydroxyl groups is 1. The van der Waals surface area contributed by atoms with Crippen LogP contribution in [0.5, 0.6) is 5.75 Å². The summed E-state index contributed by atoms with van der Waals surface area (Å²) in [5.41, 5.74) is 1.82. The second-order valence-corrected chi connectivity index (χ2v) is 7.34. The van der Waals surface area contributed by atoms with Gasteiger partial charge in [0, 0.05) is 18.2 Å². The van der Waals surface area contributed by atoms with E-state index in [1.54, 1.807) is 33.8 Å². The Morgan fingerprint density at radius 1 is 1.13 bits per heavy atom. The number of aliphatic hydroxyl groups excluding tert-OH is 1. The van der Waals surface area contributed by atoms with E-state index in [9.17, 15) is 19.0 Å². The van der Waals surface area contributed by atoms with E-state index in [0.717, 1.165) is 6.07 Å². The third-order valence-corrected chi connectivity index (χ3v) is 5.35. The van der Waals surface area contributed by atoms with Crippen LogP contribution in [0.15, 0.2) is 48.8 Å². The molecule has 1 saturated heterocycles. The molecule has 0 amide bonds. The third-order valence-electron chi connectivity index (χ3n) is 5.35. The fourth-order valence-electron chi connectivity index (χ4n) is 3.90. The first-order chi connectivity index (χ1) is 15.0. The van der Waals surface area contributed by atoms with Crippen molar-refractivity contribution < 1.29 is 19.0 Å². The maximum absolute atomic E-state index is 14.4. The van der Waals surface area contributed by atoms with Gasteiger partial charge in [0.2, 0.25) is 0 Å². The molecule has 2 N–H and O–H groups in total. The highest BCUT2D eigenvalue weighted by Gasteiger charge is 2.36.